The molecule has 0 fully saturated rings. The largest absolute Gasteiger partial charge is 0.504 e. The van der Waals surface area contributed by atoms with E-state index < -0.39 is 6.10 Å². The van der Waals surface area contributed by atoms with Crippen molar-refractivity contribution in [2.75, 3.05) is 0 Å². The summed E-state index contributed by atoms with van der Waals surface area (Å²) in [6.07, 6.45) is 0.945. The van der Waals surface area contributed by atoms with E-state index in [1.165, 1.54) is 12.3 Å². The molecule has 3 aromatic rings. The normalized spacial score (nSPS) is 11.7. The zero-order valence-electron chi connectivity index (χ0n) is 14.2. The quantitative estimate of drug-likeness (QED) is 0.518. The average Bonchev–Trinajstić information content (AvgIpc) is 2.64. The summed E-state index contributed by atoms with van der Waals surface area (Å²) in [5, 5.41) is 11.4. The van der Waals surface area contributed by atoms with Crippen LogP contribution in [-0.4, -0.2) is 21.2 Å². The van der Waals surface area contributed by atoms with Crippen LogP contribution in [0.2, 0.25) is 10.0 Å². The van der Waals surface area contributed by atoms with Gasteiger partial charge in [-0.05, 0) is 55.5 Å². The molecule has 0 aliphatic rings. The van der Waals surface area contributed by atoms with Gasteiger partial charge in [-0.25, -0.2) is 0 Å². The highest BCUT2D eigenvalue weighted by Gasteiger charge is 2.16. The Kier molecular flexibility index (Phi) is 6.16. The smallest absolute Gasteiger partial charge is 0.207 e. The summed E-state index contributed by atoms with van der Waals surface area (Å²) >= 11 is 17.3. The molecule has 3 rings (SSSR count). The minimum atomic E-state index is -0.547. The molecule has 1 heterocycles. The van der Waals surface area contributed by atoms with E-state index in [9.17, 15) is 5.11 Å². The van der Waals surface area contributed by atoms with Gasteiger partial charge in [0.05, 0.1) is 15.7 Å². The van der Waals surface area contributed by atoms with Crippen LogP contribution < -0.4 is 9.47 Å². The molecule has 0 saturated heterocycles. The van der Waals surface area contributed by atoms with Crippen LogP contribution in [-0.2, 0) is 0 Å². The van der Waals surface area contributed by atoms with Crippen molar-refractivity contribution in [3.63, 3.8) is 0 Å². The molecular formula is C20H15Cl2NO3S. The molecule has 4 nitrogen and oxygen atoms in total. The Balaban J connectivity index is 1.73. The van der Waals surface area contributed by atoms with Gasteiger partial charge < -0.3 is 14.6 Å². The number of phenols is 1. The van der Waals surface area contributed by atoms with Crippen molar-refractivity contribution in [2.45, 2.75) is 13.0 Å². The van der Waals surface area contributed by atoms with Gasteiger partial charge in [0, 0.05) is 11.8 Å². The van der Waals surface area contributed by atoms with Crippen LogP contribution in [0.4, 0.5) is 0 Å². The molecule has 138 valence electrons. The fraction of sp³-hybridized carbons (Fsp3) is 0.100. The van der Waals surface area contributed by atoms with E-state index in [2.05, 4.69) is 4.98 Å². The number of ether oxygens (including phenoxy) is 2. The van der Waals surface area contributed by atoms with Crippen molar-refractivity contribution >= 4 is 40.5 Å². The minimum Gasteiger partial charge on any atom is -0.504 e. The number of aromatic nitrogens is 1. The van der Waals surface area contributed by atoms with Gasteiger partial charge in [-0.1, -0.05) is 41.4 Å². The van der Waals surface area contributed by atoms with Crippen LogP contribution >= 0.6 is 35.4 Å². The third kappa shape index (κ3) is 4.89. The monoisotopic (exact) mass is 419 g/mol. The summed E-state index contributed by atoms with van der Waals surface area (Å²) in [4.78, 5) is 4.20. The predicted octanol–water partition coefficient (Wildman–Crippen LogP) is 5.93. The standard InChI is InChI=1S/C20H15Cl2NO3S/c1-12(20(27)26-15-5-3-2-4-6-15)25-18-8-7-13(9-17(18)24)19-16(22)10-14(21)11-23-19/h2-12,24H,1H3. The van der Waals surface area contributed by atoms with Crippen molar-refractivity contribution in [1.29, 1.82) is 0 Å². The topological polar surface area (TPSA) is 51.6 Å². The van der Waals surface area contributed by atoms with Crippen LogP contribution in [0, 0.1) is 0 Å². The Bertz CT molecular complexity index is 967. The Morgan fingerprint density at radius 2 is 1.85 bits per heavy atom. The van der Waals surface area contributed by atoms with Gasteiger partial charge in [-0.2, -0.15) is 0 Å². The fourth-order valence-corrected chi connectivity index (χ4v) is 2.95. The molecule has 7 heteroatoms. The Labute approximate surface area is 172 Å². The molecule has 0 aliphatic carbocycles. The first-order valence-electron chi connectivity index (χ1n) is 8.02. The molecule has 0 spiro atoms. The number of halogens is 2. The first kappa shape index (κ1) is 19.4. The van der Waals surface area contributed by atoms with E-state index in [0.29, 0.717) is 27.1 Å². The lowest BCUT2D eigenvalue weighted by Crippen LogP contribution is -2.26. The van der Waals surface area contributed by atoms with Gasteiger partial charge in [0.15, 0.2) is 17.6 Å². The summed E-state index contributed by atoms with van der Waals surface area (Å²) < 4.78 is 11.3. The SMILES string of the molecule is CC(Oc1ccc(-c2ncc(Cl)cc2Cl)cc1O)C(=S)Oc1ccccc1. The van der Waals surface area contributed by atoms with Crippen LogP contribution in [0.25, 0.3) is 11.3 Å². The molecule has 0 amide bonds. The van der Waals surface area contributed by atoms with Crippen molar-refractivity contribution in [2.24, 2.45) is 0 Å². The number of nitrogens with zero attached hydrogens (tertiary/aromatic N) is 1. The fourth-order valence-electron chi connectivity index (χ4n) is 2.32. The van der Waals surface area contributed by atoms with Crippen LogP contribution in [0.15, 0.2) is 60.8 Å². The Morgan fingerprint density at radius 1 is 1.11 bits per heavy atom. The van der Waals surface area contributed by atoms with Crippen LogP contribution in [0.3, 0.4) is 0 Å². The third-order valence-corrected chi connectivity index (χ3v) is 4.55. The predicted molar refractivity (Wildman–Crippen MR) is 111 cm³/mol. The van der Waals surface area contributed by atoms with Crippen molar-refractivity contribution in [1.82, 2.24) is 4.98 Å². The molecule has 0 saturated carbocycles. The van der Waals surface area contributed by atoms with Crippen LogP contribution in [0.1, 0.15) is 6.92 Å². The van der Waals surface area contributed by atoms with Crippen molar-refractivity contribution in [3.8, 4) is 28.5 Å². The van der Waals surface area contributed by atoms with Gasteiger partial charge >= 0.3 is 0 Å². The number of para-hydroxylation sites is 1. The van der Waals surface area contributed by atoms with E-state index in [1.807, 2.05) is 18.2 Å². The van der Waals surface area contributed by atoms with E-state index in [0.717, 1.165) is 0 Å². The van der Waals surface area contributed by atoms with Gasteiger partial charge in [-0.3, -0.25) is 4.98 Å². The molecule has 1 N–H and O–H groups in total. The van der Waals surface area contributed by atoms with Gasteiger partial charge in [0.25, 0.3) is 0 Å². The highest BCUT2D eigenvalue weighted by molar-refractivity contribution is 7.80. The summed E-state index contributed by atoms with van der Waals surface area (Å²) in [6.45, 7) is 1.75. The van der Waals surface area contributed by atoms with E-state index in [4.69, 9.17) is 44.9 Å². The molecule has 0 bridgehead atoms. The second-order valence-corrected chi connectivity index (χ2v) is 6.91. The number of phenolic OH excluding ortho intramolecular Hbond substituents is 1. The van der Waals surface area contributed by atoms with E-state index in [1.54, 1.807) is 37.3 Å². The van der Waals surface area contributed by atoms with E-state index in [-0.39, 0.29) is 16.5 Å². The van der Waals surface area contributed by atoms with Gasteiger partial charge in [0.1, 0.15) is 5.75 Å². The molecule has 0 radical (unpaired) electrons. The maximum absolute atomic E-state index is 10.3. The third-order valence-electron chi connectivity index (χ3n) is 3.64. The van der Waals surface area contributed by atoms with Gasteiger partial charge in [0.2, 0.25) is 5.05 Å². The summed E-state index contributed by atoms with van der Waals surface area (Å²) in [6, 6.07) is 15.7. The lowest BCUT2D eigenvalue weighted by molar-refractivity contribution is 0.256. The molecule has 0 aliphatic heterocycles. The van der Waals surface area contributed by atoms with Crippen LogP contribution in [0.5, 0.6) is 17.2 Å². The number of pyridine rings is 1. The molecule has 1 unspecified atom stereocenters. The van der Waals surface area contributed by atoms with E-state index >= 15 is 0 Å². The first-order valence-corrected chi connectivity index (χ1v) is 9.18. The Hall–Kier alpha value is -2.34. The van der Waals surface area contributed by atoms with Crippen molar-refractivity contribution in [3.05, 3.63) is 70.8 Å². The summed E-state index contributed by atoms with van der Waals surface area (Å²) in [5.74, 6) is 0.839. The number of benzene rings is 2. The lowest BCUT2D eigenvalue weighted by Gasteiger charge is -2.17. The highest BCUT2D eigenvalue weighted by Crippen LogP contribution is 2.35. The number of thiocarbonyl (C=S) groups is 1. The maximum Gasteiger partial charge on any atom is 0.207 e. The number of hydrogen-bond donors (Lipinski definition) is 1. The van der Waals surface area contributed by atoms with Gasteiger partial charge in [-0.15, -0.1) is 0 Å². The zero-order chi connectivity index (χ0) is 19.4. The molecule has 2 aromatic carbocycles. The maximum atomic E-state index is 10.3. The second-order valence-electron chi connectivity index (χ2n) is 5.66. The minimum absolute atomic E-state index is 0.0605. The molecule has 1 aromatic heterocycles. The number of aromatic hydroxyl groups is 1. The second kappa shape index (κ2) is 8.57. The highest BCUT2D eigenvalue weighted by atomic mass is 35.5. The molecule has 27 heavy (non-hydrogen) atoms. The van der Waals surface area contributed by atoms with Crippen molar-refractivity contribution < 1.29 is 14.6 Å². The Morgan fingerprint density at radius 3 is 2.52 bits per heavy atom. The number of rotatable bonds is 5. The summed E-state index contributed by atoms with van der Waals surface area (Å²) in [5.41, 5.74) is 1.15. The molecular weight excluding hydrogens is 405 g/mol. The molecule has 1 atom stereocenters. The zero-order valence-corrected chi connectivity index (χ0v) is 16.6. The number of hydrogen-bond acceptors (Lipinski definition) is 5. The lowest BCUT2D eigenvalue weighted by atomic mass is 10.1. The first-order chi connectivity index (χ1) is 12.9. The average molecular weight is 420 g/mol. The summed E-state index contributed by atoms with van der Waals surface area (Å²) in [7, 11) is 0.